The van der Waals surface area contributed by atoms with Gasteiger partial charge in [0, 0.05) is 32.0 Å². The molecule has 4 aromatic carbocycles. The molecule has 0 aromatic heterocycles. The molecule has 426 valence electrons. The van der Waals surface area contributed by atoms with E-state index in [9.17, 15) is 43.5 Å². The molecule has 0 spiro atoms. The number of ether oxygens (including phenoxy) is 6. The molecule has 0 heterocycles. The predicted octanol–water partition coefficient (Wildman–Crippen LogP) is 9.70. The van der Waals surface area contributed by atoms with Crippen molar-refractivity contribution in [1.29, 1.82) is 0 Å². The molecule has 0 unspecified atom stereocenters. The summed E-state index contributed by atoms with van der Waals surface area (Å²) in [7, 11) is 2.50. The van der Waals surface area contributed by atoms with Gasteiger partial charge in [-0.3, -0.25) is 0 Å². The van der Waals surface area contributed by atoms with E-state index in [4.69, 9.17) is 45.1 Å². The fraction of sp³-hybridized carbons (Fsp3) is 0.441. The van der Waals surface area contributed by atoms with E-state index in [1.165, 1.54) is 72.8 Å². The number of carboxylic acids is 2. The van der Waals surface area contributed by atoms with E-state index in [0.717, 1.165) is 77.0 Å². The number of carbonyl (C=O) groups excluding carboxylic acids is 6. The zero-order chi connectivity index (χ0) is 56.4. The van der Waals surface area contributed by atoms with Gasteiger partial charge in [-0.05, 0) is 204 Å². The molecule has 3 aliphatic rings. The number of benzene rings is 4. The largest absolute Gasteiger partial charge is 0.478 e. The smallest absolute Gasteiger partial charge is 0.338 e. The van der Waals surface area contributed by atoms with Crippen molar-refractivity contribution in [2.24, 2.45) is 35.5 Å². The third-order valence-electron chi connectivity index (χ3n) is 14.2. The van der Waals surface area contributed by atoms with Crippen LogP contribution in [-0.2, 0) is 49.5 Å². The van der Waals surface area contributed by atoms with Gasteiger partial charge in [-0.2, -0.15) is 0 Å². The van der Waals surface area contributed by atoms with Gasteiger partial charge >= 0.3 is 47.8 Å². The summed E-state index contributed by atoms with van der Waals surface area (Å²) in [6.07, 6.45) is 10.6. The van der Waals surface area contributed by atoms with Crippen LogP contribution in [0.1, 0.15) is 166 Å². The van der Waals surface area contributed by atoms with Gasteiger partial charge in [0.05, 0.1) is 84.1 Å². The summed E-state index contributed by atoms with van der Waals surface area (Å²) in [5.41, 5.74) is 2.05. The van der Waals surface area contributed by atoms with Crippen LogP contribution in [0, 0.1) is 42.9 Å². The Morgan fingerprint density at radius 2 is 0.628 bits per heavy atom. The molecule has 3 fully saturated rings. The molecule has 4 aromatic rings. The third-order valence-corrected chi connectivity index (χ3v) is 14.2. The first kappa shape index (κ1) is 62.1. The Morgan fingerprint density at radius 1 is 0.385 bits per heavy atom. The minimum absolute atomic E-state index is 0. The number of esters is 6. The van der Waals surface area contributed by atoms with E-state index in [0.29, 0.717) is 60.5 Å². The summed E-state index contributed by atoms with van der Waals surface area (Å²) in [6, 6.07) is 23.6. The van der Waals surface area contributed by atoms with Crippen LogP contribution in [0.15, 0.2) is 97.1 Å². The predicted molar refractivity (Wildman–Crippen MR) is 285 cm³/mol. The normalized spacial score (nSPS) is 19.6. The average molecular weight is 1260 g/mol. The van der Waals surface area contributed by atoms with E-state index in [-0.39, 0.29) is 97.7 Å². The molecular formula is C59H75O18W-. The van der Waals surface area contributed by atoms with Crippen molar-refractivity contribution < 1.29 is 114 Å². The maximum Gasteiger partial charge on any atom is 0.338 e. The SMILES string of the molecule is O=C(O)c1ccc(C(=O)OCC2CCC(COC(=O)c3ccc(C(=O)OCCO)cc3)CC2)cc1.O=C(O)c1cccc(C(=O)OCC2CCC(COC(=O)c3ccc(C(=O)OCC4CCC(CO)CC4)cc3)CC2)c1.[2H][CH2-].[HH].[HH].[HH].[W]. The molecule has 3 aliphatic carbocycles. The molecular weight excluding hydrogens is 1180 g/mol. The van der Waals surface area contributed by atoms with Crippen LogP contribution in [0.4, 0.5) is 0 Å². The van der Waals surface area contributed by atoms with Crippen molar-refractivity contribution in [1.82, 2.24) is 0 Å². The minimum atomic E-state index is -1.10. The van der Waals surface area contributed by atoms with Crippen LogP contribution in [-0.4, -0.2) is 121 Å². The quantitative estimate of drug-likeness (QED) is 0.0343. The molecule has 19 heteroatoms. The zero-order valence-corrected chi connectivity index (χ0v) is 46.4. The Balaban J connectivity index is 0.000000768. The van der Waals surface area contributed by atoms with Crippen molar-refractivity contribution in [3.63, 3.8) is 0 Å². The van der Waals surface area contributed by atoms with Crippen molar-refractivity contribution in [3.8, 4) is 0 Å². The second kappa shape index (κ2) is 32.9. The molecule has 3 saturated carbocycles. The molecule has 4 N–H and O–H groups in total. The summed E-state index contributed by atoms with van der Waals surface area (Å²) in [5.74, 6) is -3.50. The van der Waals surface area contributed by atoms with Gasteiger partial charge in [0.25, 0.3) is 0 Å². The Morgan fingerprint density at radius 3 is 0.897 bits per heavy atom. The molecule has 0 saturated heterocycles. The summed E-state index contributed by atoms with van der Waals surface area (Å²) in [6.45, 7) is 1.39. The Kier molecular flexibility index (Phi) is 26.2. The van der Waals surface area contributed by atoms with Crippen LogP contribution in [0.3, 0.4) is 0 Å². The van der Waals surface area contributed by atoms with Gasteiger partial charge in [0.15, 0.2) is 0 Å². The topological polar surface area (TPSA) is 273 Å². The number of rotatable bonds is 21. The maximum absolute atomic E-state index is 12.5. The van der Waals surface area contributed by atoms with Gasteiger partial charge in [-0.15, -0.1) is 0 Å². The van der Waals surface area contributed by atoms with Crippen LogP contribution >= 0.6 is 0 Å². The molecule has 7 rings (SSSR count). The molecule has 0 radical (unpaired) electrons. The molecule has 78 heavy (non-hydrogen) atoms. The van der Waals surface area contributed by atoms with Crippen LogP contribution < -0.4 is 0 Å². The molecule has 0 aliphatic heterocycles. The first-order chi connectivity index (χ1) is 37.7. The van der Waals surface area contributed by atoms with Crippen LogP contribution in [0.25, 0.3) is 0 Å². The zero-order valence-electron chi connectivity index (χ0n) is 44.5. The average Bonchev–Trinajstić information content (AvgIpc) is 3.50. The van der Waals surface area contributed by atoms with Crippen molar-refractivity contribution >= 4 is 47.8 Å². The Labute approximate surface area is 474 Å². The Hall–Kier alpha value is -6.75. The number of aliphatic hydroxyl groups excluding tert-OH is 2. The van der Waals surface area contributed by atoms with E-state index >= 15 is 0 Å². The van der Waals surface area contributed by atoms with E-state index < -0.39 is 47.8 Å². The van der Waals surface area contributed by atoms with E-state index in [1.807, 2.05) is 0 Å². The number of hydrogen-bond donors (Lipinski definition) is 4. The van der Waals surface area contributed by atoms with Crippen LogP contribution in [0.5, 0.6) is 0 Å². The maximum atomic E-state index is 12.5. The minimum Gasteiger partial charge on any atom is -0.478 e. The second-order valence-corrected chi connectivity index (χ2v) is 19.6. The Bertz CT molecular complexity index is 2600. The van der Waals surface area contributed by atoms with Gasteiger partial charge in [0.1, 0.15) is 6.61 Å². The van der Waals surface area contributed by atoms with Gasteiger partial charge in [0.2, 0.25) is 0 Å². The molecule has 0 bridgehead atoms. The van der Waals surface area contributed by atoms with E-state index in [2.05, 4.69) is 7.40 Å². The summed E-state index contributed by atoms with van der Waals surface area (Å²) < 4.78 is 37.6. The van der Waals surface area contributed by atoms with Gasteiger partial charge < -0.3 is 56.2 Å². The first-order valence-corrected chi connectivity index (χ1v) is 25.8. The number of aromatic carboxylic acids is 2. The number of aliphatic hydroxyl groups is 2. The summed E-state index contributed by atoms with van der Waals surface area (Å²) in [4.78, 5) is 95.5. The molecule has 0 atom stereocenters. The summed E-state index contributed by atoms with van der Waals surface area (Å²) in [5, 5.41) is 36.0. The number of hydrogen-bond acceptors (Lipinski definition) is 16. The third kappa shape index (κ3) is 20.2. The van der Waals surface area contributed by atoms with Crippen molar-refractivity contribution in [2.75, 3.05) is 52.9 Å². The number of carbonyl (C=O) groups is 8. The first-order valence-electron chi connectivity index (χ1n) is 26.5. The number of carboxylic acid groups (broad SMARTS) is 2. The van der Waals surface area contributed by atoms with Gasteiger partial charge in [-0.25, -0.2) is 39.7 Å². The van der Waals surface area contributed by atoms with Crippen LogP contribution in [0.2, 0.25) is 0 Å². The standard InChI is InChI=1S/C32H38O9.C26H28O9.CH3.W.3H2/c33-17-21-4-6-22(7-5-21)18-39-30(36)25-12-14-26(15-13-25)31(37)40-19-23-8-10-24(11-9-23)20-41-32(38)28-3-1-2-27(16-28)29(34)35;27-13-14-33-24(30)20-9-11-22(12-10-20)26(32)35-16-18-3-1-17(2-4-18)15-34-25(31)21-7-5-19(6-8-21)23(28)29;;;;;/h1-3,12-16,21-24,33H,4-11,17-20H2,(H,34,35);5-12,17-18,27H,1-4,13-16H2,(H,28,29);1H3;;3*1H/q;;-1;;;;/i;;1D;;;;. The molecule has 18 nitrogen and oxygen atoms in total. The van der Waals surface area contributed by atoms with Crippen molar-refractivity contribution in [3.05, 3.63) is 149 Å². The fourth-order valence-corrected chi connectivity index (χ4v) is 9.33. The second-order valence-electron chi connectivity index (χ2n) is 19.6. The van der Waals surface area contributed by atoms with E-state index in [1.54, 1.807) is 24.3 Å². The summed E-state index contributed by atoms with van der Waals surface area (Å²) >= 11 is 0. The fourth-order valence-electron chi connectivity index (χ4n) is 9.33. The van der Waals surface area contributed by atoms with Gasteiger partial charge in [-0.1, -0.05) is 6.07 Å². The monoisotopic (exact) mass is 1260 g/mol. The van der Waals surface area contributed by atoms with Crippen molar-refractivity contribution in [2.45, 2.75) is 77.0 Å². The molecule has 0 amide bonds.